The molecule has 1 aromatic heterocycles. The van der Waals surface area contributed by atoms with Gasteiger partial charge in [0.05, 0.1) is 5.69 Å². The minimum atomic E-state index is -4.74. The van der Waals surface area contributed by atoms with Gasteiger partial charge < -0.3 is 9.52 Å². The minimum Gasteiger partial charge on any atom is -0.475 e. The Balaban J connectivity index is 2.44. The first-order valence-electron chi connectivity index (χ1n) is 4.21. The van der Waals surface area contributed by atoms with Crippen molar-refractivity contribution in [1.29, 1.82) is 0 Å². The van der Waals surface area contributed by atoms with E-state index in [0.717, 1.165) is 0 Å². The van der Waals surface area contributed by atoms with Crippen LogP contribution in [0.2, 0.25) is 0 Å². The smallest absolute Gasteiger partial charge is 0.468 e. The van der Waals surface area contributed by atoms with Gasteiger partial charge in [-0.1, -0.05) is 0 Å². The highest BCUT2D eigenvalue weighted by atomic mass is 19.4. The molecular weight excluding hydrogens is 215 g/mol. The summed E-state index contributed by atoms with van der Waals surface area (Å²) >= 11 is 0. The number of halogens is 3. The topological polar surface area (TPSA) is 63.3 Å². The van der Waals surface area contributed by atoms with Crippen molar-refractivity contribution in [3.63, 3.8) is 0 Å². The second-order valence-corrected chi connectivity index (χ2v) is 3.31. The van der Waals surface area contributed by atoms with Crippen LogP contribution in [0.15, 0.2) is 4.42 Å². The van der Waals surface area contributed by atoms with Gasteiger partial charge >= 0.3 is 18.0 Å². The van der Waals surface area contributed by atoms with Crippen molar-refractivity contribution in [1.82, 2.24) is 4.98 Å². The van der Waals surface area contributed by atoms with Crippen LogP contribution in [-0.2, 0) is 6.18 Å². The summed E-state index contributed by atoms with van der Waals surface area (Å²) in [5.74, 6) is -3.89. The molecule has 1 heterocycles. The van der Waals surface area contributed by atoms with Crippen LogP contribution in [0.1, 0.15) is 40.9 Å². The summed E-state index contributed by atoms with van der Waals surface area (Å²) in [6.07, 6.45) is -3.43. The van der Waals surface area contributed by atoms with E-state index in [2.05, 4.69) is 9.40 Å². The lowest BCUT2D eigenvalue weighted by Crippen LogP contribution is -2.05. The van der Waals surface area contributed by atoms with E-state index in [9.17, 15) is 18.0 Å². The molecule has 0 atom stereocenters. The van der Waals surface area contributed by atoms with Gasteiger partial charge in [-0.25, -0.2) is 9.78 Å². The van der Waals surface area contributed by atoms with E-state index in [1.54, 1.807) is 0 Å². The zero-order chi connectivity index (χ0) is 11.2. The largest absolute Gasteiger partial charge is 0.475 e. The molecule has 0 unspecified atom stereocenters. The van der Waals surface area contributed by atoms with E-state index in [-0.39, 0.29) is 11.6 Å². The summed E-state index contributed by atoms with van der Waals surface area (Å²) < 4.78 is 40.7. The Morgan fingerprint density at radius 2 is 2.07 bits per heavy atom. The Labute approximate surface area is 81.7 Å². The number of oxazole rings is 1. The van der Waals surface area contributed by atoms with Gasteiger partial charge in [0.15, 0.2) is 0 Å². The molecule has 15 heavy (non-hydrogen) atoms. The van der Waals surface area contributed by atoms with Crippen LogP contribution in [0.5, 0.6) is 0 Å². The fourth-order valence-electron chi connectivity index (χ4n) is 1.24. The number of hydrogen-bond acceptors (Lipinski definition) is 3. The fraction of sp³-hybridized carbons (Fsp3) is 0.500. The van der Waals surface area contributed by atoms with Crippen molar-refractivity contribution in [2.75, 3.05) is 0 Å². The Hall–Kier alpha value is -1.53. The monoisotopic (exact) mass is 221 g/mol. The molecule has 0 radical (unpaired) electrons. The molecule has 4 nitrogen and oxygen atoms in total. The summed E-state index contributed by atoms with van der Waals surface area (Å²) in [4.78, 5) is 13.8. The van der Waals surface area contributed by atoms with Crippen LogP contribution in [0.3, 0.4) is 0 Å². The zero-order valence-corrected chi connectivity index (χ0v) is 7.34. The summed E-state index contributed by atoms with van der Waals surface area (Å²) in [7, 11) is 0. The summed E-state index contributed by atoms with van der Waals surface area (Å²) in [6.45, 7) is 0. The van der Waals surface area contributed by atoms with Gasteiger partial charge in [0.1, 0.15) is 0 Å². The summed E-state index contributed by atoms with van der Waals surface area (Å²) in [5, 5.41) is 8.62. The van der Waals surface area contributed by atoms with E-state index in [1.807, 2.05) is 0 Å². The maximum Gasteiger partial charge on any atom is 0.468 e. The Bertz CT molecular complexity index is 406. The Kier molecular flexibility index (Phi) is 1.99. The second-order valence-electron chi connectivity index (χ2n) is 3.31. The van der Waals surface area contributed by atoms with Gasteiger partial charge in [-0.2, -0.15) is 13.2 Å². The molecule has 2 rings (SSSR count). The van der Waals surface area contributed by atoms with Crippen LogP contribution in [0.4, 0.5) is 13.2 Å². The predicted molar refractivity (Wildman–Crippen MR) is 40.4 cm³/mol. The van der Waals surface area contributed by atoms with Crippen LogP contribution in [0.25, 0.3) is 0 Å². The molecule has 1 fully saturated rings. The van der Waals surface area contributed by atoms with E-state index in [1.165, 1.54) is 0 Å². The molecule has 1 aromatic rings. The lowest BCUT2D eigenvalue weighted by molar-refractivity contribution is -0.157. The second kappa shape index (κ2) is 2.98. The van der Waals surface area contributed by atoms with Crippen LogP contribution < -0.4 is 0 Å². The number of carboxylic acid groups (broad SMARTS) is 1. The molecule has 82 valence electrons. The number of aromatic carboxylic acids is 1. The highest BCUT2D eigenvalue weighted by Gasteiger charge is 2.42. The van der Waals surface area contributed by atoms with Gasteiger partial charge in [0, 0.05) is 5.92 Å². The lowest BCUT2D eigenvalue weighted by atomic mass is 10.2. The van der Waals surface area contributed by atoms with E-state index < -0.39 is 23.8 Å². The fourth-order valence-corrected chi connectivity index (χ4v) is 1.24. The molecule has 1 N–H and O–H groups in total. The number of nitrogens with zero attached hydrogens (tertiary/aromatic N) is 1. The van der Waals surface area contributed by atoms with Crippen molar-refractivity contribution < 1.29 is 27.5 Å². The Morgan fingerprint density at radius 1 is 1.47 bits per heavy atom. The molecule has 0 aliphatic heterocycles. The Morgan fingerprint density at radius 3 is 2.47 bits per heavy atom. The molecule has 1 saturated carbocycles. The summed E-state index contributed by atoms with van der Waals surface area (Å²) in [5.41, 5.74) is -0.0881. The third-order valence-corrected chi connectivity index (χ3v) is 2.05. The molecule has 1 aliphatic rings. The number of hydrogen-bond donors (Lipinski definition) is 1. The van der Waals surface area contributed by atoms with Crippen molar-refractivity contribution >= 4 is 5.97 Å². The molecular formula is C8H6F3NO3. The number of aromatic nitrogens is 1. The third-order valence-electron chi connectivity index (χ3n) is 2.05. The first-order chi connectivity index (χ1) is 6.89. The lowest BCUT2D eigenvalue weighted by Gasteiger charge is -1.97. The molecule has 0 spiro atoms. The quantitative estimate of drug-likeness (QED) is 0.831. The average Bonchev–Trinajstić information content (AvgIpc) is 2.81. The average molecular weight is 221 g/mol. The van der Waals surface area contributed by atoms with Crippen LogP contribution in [-0.4, -0.2) is 16.1 Å². The van der Waals surface area contributed by atoms with Crippen molar-refractivity contribution in [2.45, 2.75) is 24.9 Å². The van der Waals surface area contributed by atoms with Crippen molar-refractivity contribution in [2.24, 2.45) is 0 Å². The van der Waals surface area contributed by atoms with Crippen LogP contribution >= 0.6 is 0 Å². The number of rotatable bonds is 2. The molecule has 7 heteroatoms. The van der Waals surface area contributed by atoms with Crippen molar-refractivity contribution in [3.8, 4) is 0 Å². The van der Waals surface area contributed by atoms with Gasteiger partial charge in [-0.15, -0.1) is 0 Å². The molecule has 1 aliphatic carbocycles. The molecule has 0 bridgehead atoms. The zero-order valence-electron chi connectivity index (χ0n) is 7.34. The molecule has 0 aromatic carbocycles. The molecule has 0 amide bonds. The molecule has 0 saturated heterocycles. The SMILES string of the molecule is O=C(O)c1oc(C(F)(F)F)nc1C1CC1. The van der Waals surface area contributed by atoms with Crippen molar-refractivity contribution in [3.05, 3.63) is 17.3 Å². The highest BCUT2D eigenvalue weighted by Crippen LogP contribution is 2.43. The highest BCUT2D eigenvalue weighted by molar-refractivity contribution is 5.86. The first kappa shape index (κ1) is 10.0. The number of carboxylic acids is 1. The third kappa shape index (κ3) is 1.81. The first-order valence-corrected chi connectivity index (χ1v) is 4.21. The number of carbonyl (C=O) groups is 1. The van der Waals surface area contributed by atoms with Gasteiger partial charge in [-0.05, 0) is 12.8 Å². The standard InChI is InChI=1S/C8H6F3NO3/c9-8(10,11)7-12-4(3-1-2-3)5(15-7)6(13)14/h3H,1-2H2,(H,13,14). The maximum atomic E-state index is 12.2. The minimum absolute atomic E-state index is 0.0881. The van der Waals surface area contributed by atoms with E-state index >= 15 is 0 Å². The van der Waals surface area contributed by atoms with Gasteiger partial charge in [0.2, 0.25) is 5.76 Å². The predicted octanol–water partition coefficient (Wildman–Crippen LogP) is 2.27. The van der Waals surface area contributed by atoms with Gasteiger partial charge in [-0.3, -0.25) is 0 Å². The summed E-state index contributed by atoms with van der Waals surface area (Å²) in [6, 6.07) is 0. The maximum absolute atomic E-state index is 12.2. The van der Waals surface area contributed by atoms with E-state index in [0.29, 0.717) is 12.8 Å². The van der Waals surface area contributed by atoms with Crippen LogP contribution in [0, 0.1) is 0 Å². The number of alkyl halides is 3. The normalized spacial score (nSPS) is 16.7. The van der Waals surface area contributed by atoms with Gasteiger partial charge in [0.25, 0.3) is 0 Å². The van der Waals surface area contributed by atoms with E-state index in [4.69, 9.17) is 5.11 Å².